The van der Waals surface area contributed by atoms with E-state index in [1.54, 1.807) is 25.9 Å². The first-order chi connectivity index (χ1) is 22.7. The fourth-order valence-electron chi connectivity index (χ4n) is 7.38. The predicted octanol–water partition coefficient (Wildman–Crippen LogP) is 5.68. The molecule has 3 fully saturated rings. The molecule has 11 nitrogen and oxygen atoms in total. The second kappa shape index (κ2) is 14.6. The van der Waals surface area contributed by atoms with Crippen molar-refractivity contribution in [3.8, 4) is 5.75 Å². The second-order valence-electron chi connectivity index (χ2n) is 15.7. The first-order valence-electron chi connectivity index (χ1n) is 17.9. The molecule has 0 spiro atoms. The molecule has 0 bridgehead atoms. The largest absolute Gasteiger partial charge is 0.476 e. The van der Waals surface area contributed by atoms with Gasteiger partial charge in [0.05, 0.1) is 17.5 Å². The molecule has 2 saturated carbocycles. The van der Waals surface area contributed by atoms with E-state index in [1.807, 2.05) is 43.9 Å². The normalized spacial score (nSPS) is 23.5. The van der Waals surface area contributed by atoms with E-state index in [1.165, 1.54) is 24.2 Å². The molecule has 3 atom stereocenters. The van der Waals surface area contributed by atoms with Crippen LogP contribution in [0.3, 0.4) is 0 Å². The summed E-state index contributed by atoms with van der Waals surface area (Å²) in [6.07, 6.45) is 7.99. The fourth-order valence-corrected chi connectivity index (χ4v) is 7.38. The maximum atomic E-state index is 14.6. The number of ether oxygens (including phenoxy) is 3. The van der Waals surface area contributed by atoms with Gasteiger partial charge in [-0.1, -0.05) is 19.3 Å². The van der Waals surface area contributed by atoms with Gasteiger partial charge in [-0.25, -0.2) is 4.79 Å². The van der Waals surface area contributed by atoms with Crippen LogP contribution in [-0.2, 0) is 23.9 Å². The highest BCUT2D eigenvalue weighted by molar-refractivity contribution is 6.04. The number of hydrogen-bond acceptors (Lipinski definition) is 7. The Morgan fingerprint density at radius 2 is 1.75 bits per heavy atom. The summed E-state index contributed by atoms with van der Waals surface area (Å²) in [4.78, 5) is 60.3. The van der Waals surface area contributed by atoms with Crippen molar-refractivity contribution in [3.05, 3.63) is 18.2 Å². The zero-order valence-corrected chi connectivity index (χ0v) is 30.0. The van der Waals surface area contributed by atoms with Crippen molar-refractivity contribution in [2.24, 2.45) is 17.8 Å². The summed E-state index contributed by atoms with van der Waals surface area (Å²) in [6.45, 7) is 12.4. The Bertz CT molecular complexity index is 1350. The van der Waals surface area contributed by atoms with Crippen molar-refractivity contribution in [3.63, 3.8) is 0 Å². The number of nitrogens with one attached hydrogen (secondary N) is 1. The van der Waals surface area contributed by atoms with E-state index in [9.17, 15) is 19.2 Å². The van der Waals surface area contributed by atoms with E-state index in [4.69, 9.17) is 14.2 Å². The van der Waals surface area contributed by atoms with E-state index in [0.29, 0.717) is 49.0 Å². The van der Waals surface area contributed by atoms with Crippen LogP contribution in [0.4, 0.5) is 16.2 Å². The van der Waals surface area contributed by atoms with E-state index >= 15 is 0 Å². The van der Waals surface area contributed by atoms with Gasteiger partial charge in [0.15, 0.2) is 5.60 Å². The van der Waals surface area contributed by atoms with Crippen molar-refractivity contribution < 1.29 is 33.4 Å². The lowest BCUT2D eigenvalue weighted by atomic mass is 9.83. The number of methoxy groups -OCH3 is 1. The molecular formula is C37H56N4O7. The van der Waals surface area contributed by atoms with Gasteiger partial charge >= 0.3 is 6.09 Å². The Labute approximate surface area is 286 Å². The summed E-state index contributed by atoms with van der Waals surface area (Å²) < 4.78 is 17.1. The summed E-state index contributed by atoms with van der Waals surface area (Å²) in [7, 11) is 1.64. The van der Waals surface area contributed by atoms with E-state index in [-0.39, 0.29) is 42.9 Å². The zero-order valence-electron chi connectivity index (χ0n) is 30.0. The predicted molar refractivity (Wildman–Crippen MR) is 184 cm³/mol. The van der Waals surface area contributed by atoms with Crippen LogP contribution < -0.4 is 19.9 Å². The number of amides is 4. The molecular weight excluding hydrogens is 612 g/mol. The minimum Gasteiger partial charge on any atom is -0.476 e. The summed E-state index contributed by atoms with van der Waals surface area (Å²) >= 11 is 0. The number of nitrogens with zero attached hydrogens (tertiary/aromatic N) is 3. The van der Waals surface area contributed by atoms with Crippen molar-refractivity contribution in [1.29, 1.82) is 0 Å². The number of benzene rings is 1. The highest BCUT2D eigenvalue weighted by Crippen LogP contribution is 2.43. The summed E-state index contributed by atoms with van der Waals surface area (Å²) in [5.41, 5.74) is -0.437. The number of hydrogen-bond donors (Lipinski definition) is 1. The molecule has 2 aliphatic heterocycles. The number of likely N-dealkylation sites (tertiary alicyclic amines) is 1. The van der Waals surface area contributed by atoms with Gasteiger partial charge < -0.3 is 34.2 Å². The quantitative estimate of drug-likeness (QED) is 0.319. The minimum absolute atomic E-state index is 0.00430. The number of carbonyl (C=O) groups is 4. The number of rotatable bonds is 10. The van der Waals surface area contributed by atoms with E-state index in [2.05, 4.69) is 12.2 Å². The Morgan fingerprint density at radius 3 is 2.40 bits per heavy atom. The topological polar surface area (TPSA) is 118 Å². The van der Waals surface area contributed by atoms with Gasteiger partial charge in [-0.3, -0.25) is 14.4 Å². The van der Waals surface area contributed by atoms with E-state index in [0.717, 1.165) is 25.7 Å². The lowest BCUT2D eigenvalue weighted by Gasteiger charge is -2.41. The van der Waals surface area contributed by atoms with Crippen LogP contribution in [0.1, 0.15) is 99.3 Å². The molecule has 1 saturated heterocycles. The molecule has 48 heavy (non-hydrogen) atoms. The maximum absolute atomic E-state index is 14.6. The fraction of sp³-hybridized carbons (Fsp3) is 0.730. The molecule has 0 aromatic heterocycles. The van der Waals surface area contributed by atoms with Crippen LogP contribution in [0, 0.1) is 17.8 Å². The van der Waals surface area contributed by atoms with Gasteiger partial charge in [0.25, 0.3) is 5.91 Å². The van der Waals surface area contributed by atoms with Gasteiger partial charge in [0.2, 0.25) is 11.8 Å². The summed E-state index contributed by atoms with van der Waals surface area (Å²) in [5, 5.41) is 3.25. The monoisotopic (exact) mass is 668 g/mol. The standard InChI is InChI=1S/C37H56N4O7/c1-24(25-12-9-8-10-13-25)38-32(42)26-20-27(23-39(22-26)35(45)48-36(2,3)4)33(43)41(28-14-15-28)29-16-17-31-30(21-29)40(18-11-19-46-7)34(44)37(5,6)47-31/h16-17,21,24-28H,8-15,18-20,22-23H2,1-7H3,(H,38,42)/t24?,26-,27+/m0/s1. The Morgan fingerprint density at radius 1 is 1.06 bits per heavy atom. The van der Waals surface area contributed by atoms with Crippen LogP contribution in [0.2, 0.25) is 0 Å². The smallest absolute Gasteiger partial charge is 0.410 e. The molecule has 0 radical (unpaired) electrons. The third-order valence-electron chi connectivity index (χ3n) is 10.1. The van der Waals surface area contributed by atoms with Gasteiger partial charge in [-0.15, -0.1) is 0 Å². The van der Waals surface area contributed by atoms with Crippen LogP contribution in [0.15, 0.2) is 18.2 Å². The van der Waals surface area contributed by atoms with Gasteiger partial charge in [0.1, 0.15) is 11.4 Å². The second-order valence-corrected chi connectivity index (χ2v) is 15.7. The van der Waals surface area contributed by atoms with Crippen LogP contribution in [0.5, 0.6) is 5.75 Å². The van der Waals surface area contributed by atoms with Gasteiger partial charge in [0, 0.05) is 51.1 Å². The lowest BCUT2D eigenvalue weighted by molar-refractivity contribution is -0.133. The van der Waals surface area contributed by atoms with Gasteiger partial charge in [-0.05, 0) is 104 Å². The molecule has 1 unspecified atom stereocenters. The molecule has 11 heteroatoms. The average Bonchev–Trinajstić information content (AvgIpc) is 3.87. The summed E-state index contributed by atoms with van der Waals surface area (Å²) in [5.74, 6) is -0.506. The molecule has 4 aliphatic rings. The molecule has 4 amide bonds. The molecule has 2 heterocycles. The molecule has 1 N–H and O–H groups in total. The average molecular weight is 669 g/mol. The van der Waals surface area contributed by atoms with Crippen LogP contribution in [-0.4, -0.2) is 85.4 Å². The van der Waals surface area contributed by atoms with Crippen molar-refractivity contribution in [2.45, 2.75) is 123 Å². The highest BCUT2D eigenvalue weighted by Gasteiger charge is 2.45. The maximum Gasteiger partial charge on any atom is 0.410 e. The zero-order chi connectivity index (χ0) is 34.8. The number of piperidine rings is 1. The first kappa shape index (κ1) is 36.0. The molecule has 1 aromatic rings. The molecule has 2 aliphatic carbocycles. The number of anilines is 2. The first-order valence-corrected chi connectivity index (χ1v) is 17.9. The van der Waals surface area contributed by atoms with Crippen molar-refractivity contribution in [2.75, 3.05) is 43.2 Å². The SMILES string of the molecule is COCCCN1C(=O)C(C)(C)Oc2ccc(N(C(=O)[C@@H]3C[C@H](C(=O)NC(C)C4CCCCC4)CN(C(=O)OC(C)(C)C)C3)C3CC3)cc21. The summed E-state index contributed by atoms with van der Waals surface area (Å²) in [6, 6.07) is 5.62. The van der Waals surface area contributed by atoms with Crippen molar-refractivity contribution in [1.82, 2.24) is 10.2 Å². The van der Waals surface area contributed by atoms with E-state index < -0.39 is 29.1 Å². The minimum atomic E-state index is -1.02. The molecule has 1 aromatic carbocycles. The number of fused-ring (bicyclic) bond motifs is 1. The van der Waals surface area contributed by atoms with Crippen LogP contribution >= 0.6 is 0 Å². The third kappa shape index (κ3) is 8.44. The van der Waals surface area contributed by atoms with Crippen molar-refractivity contribution >= 4 is 35.2 Å². The molecule has 5 rings (SSSR count). The van der Waals surface area contributed by atoms with Crippen LogP contribution in [0.25, 0.3) is 0 Å². The van der Waals surface area contributed by atoms with Gasteiger partial charge in [-0.2, -0.15) is 0 Å². The molecule has 266 valence electrons. The lowest BCUT2D eigenvalue weighted by Crippen LogP contribution is -2.55. The third-order valence-corrected chi connectivity index (χ3v) is 10.1. The highest BCUT2D eigenvalue weighted by atomic mass is 16.6. The Balaban J connectivity index is 1.41. The Kier molecular flexibility index (Phi) is 11.0. The number of carbonyl (C=O) groups excluding carboxylic acids is 4. The Hall–Kier alpha value is -3.34.